The first-order valence-electron chi connectivity index (χ1n) is 4.14. The van der Waals surface area contributed by atoms with Crippen LogP contribution in [0, 0.1) is 0 Å². The van der Waals surface area contributed by atoms with Crippen molar-refractivity contribution in [2.45, 2.75) is 18.7 Å². The summed E-state index contributed by atoms with van der Waals surface area (Å²) in [5.41, 5.74) is 0. The number of nitrogens with one attached hydrogen (secondary N) is 1. The van der Waals surface area contributed by atoms with E-state index in [0.717, 1.165) is 0 Å². The van der Waals surface area contributed by atoms with E-state index in [1.165, 1.54) is 4.90 Å². The maximum absolute atomic E-state index is 11.3. The van der Waals surface area contributed by atoms with Gasteiger partial charge in [0.15, 0.2) is 0 Å². The van der Waals surface area contributed by atoms with Crippen molar-refractivity contribution in [2.24, 2.45) is 0 Å². The van der Waals surface area contributed by atoms with Crippen LogP contribution in [-0.2, 0) is 9.59 Å². The molecular formula is C8H15BrN2O2. The Hall–Kier alpha value is -0.580. The van der Waals surface area contributed by atoms with Crippen molar-refractivity contribution >= 4 is 27.7 Å². The fourth-order valence-electron chi connectivity index (χ4n) is 0.850. The average molecular weight is 251 g/mol. The first-order chi connectivity index (χ1) is 5.99. The van der Waals surface area contributed by atoms with Crippen LogP contribution in [0.25, 0.3) is 0 Å². The number of nitrogens with zero attached hydrogens (tertiary/aromatic N) is 1. The molecule has 4 nitrogen and oxygen atoms in total. The molecule has 0 saturated heterocycles. The third-order valence-corrected chi connectivity index (χ3v) is 1.86. The van der Waals surface area contributed by atoms with Gasteiger partial charge in [0.05, 0.1) is 11.4 Å². The SMILES string of the molecule is CCNC(=O)CN(C)C(=O)C(C)Br. The standard InChI is InChI=1S/C8H15BrN2O2/c1-4-10-7(12)5-11(3)8(13)6(2)9/h6H,4-5H2,1-3H3,(H,10,12). The maximum Gasteiger partial charge on any atom is 0.239 e. The molecule has 0 aromatic rings. The number of hydrogen-bond acceptors (Lipinski definition) is 2. The first-order valence-corrected chi connectivity index (χ1v) is 5.06. The highest BCUT2D eigenvalue weighted by molar-refractivity contribution is 9.10. The normalized spacial score (nSPS) is 12.0. The van der Waals surface area contributed by atoms with E-state index in [1.807, 2.05) is 6.92 Å². The molecule has 1 N–H and O–H groups in total. The van der Waals surface area contributed by atoms with Crippen molar-refractivity contribution in [3.8, 4) is 0 Å². The Kier molecular flexibility index (Phi) is 5.70. The van der Waals surface area contributed by atoms with Gasteiger partial charge in [-0.2, -0.15) is 0 Å². The summed E-state index contributed by atoms with van der Waals surface area (Å²) in [4.78, 5) is 23.5. The lowest BCUT2D eigenvalue weighted by Crippen LogP contribution is -2.40. The molecule has 0 fully saturated rings. The molecule has 0 aromatic carbocycles. The highest BCUT2D eigenvalue weighted by Gasteiger charge is 2.16. The summed E-state index contributed by atoms with van der Waals surface area (Å²) in [6.45, 7) is 4.27. The Morgan fingerprint density at radius 2 is 2.08 bits per heavy atom. The monoisotopic (exact) mass is 250 g/mol. The number of likely N-dealkylation sites (N-methyl/N-ethyl adjacent to an activating group) is 2. The van der Waals surface area contributed by atoms with Crippen molar-refractivity contribution in [1.29, 1.82) is 0 Å². The summed E-state index contributed by atoms with van der Waals surface area (Å²) in [7, 11) is 1.61. The number of rotatable bonds is 4. The highest BCUT2D eigenvalue weighted by atomic mass is 79.9. The number of hydrogen-bond donors (Lipinski definition) is 1. The minimum atomic E-state index is -0.244. The average Bonchev–Trinajstić information content (AvgIpc) is 2.03. The molecule has 1 unspecified atom stereocenters. The molecule has 0 aliphatic heterocycles. The summed E-state index contributed by atoms with van der Waals surface area (Å²) < 4.78 is 0. The summed E-state index contributed by atoms with van der Waals surface area (Å²) in [5, 5.41) is 2.62. The number of amides is 2. The largest absolute Gasteiger partial charge is 0.355 e. The minimum Gasteiger partial charge on any atom is -0.355 e. The van der Waals surface area contributed by atoms with E-state index in [2.05, 4.69) is 21.2 Å². The topological polar surface area (TPSA) is 49.4 Å². The summed E-state index contributed by atoms with van der Waals surface area (Å²) >= 11 is 3.15. The van der Waals surface area contributed by atoms with Crippen LogP contribution >= 0.6 is 15.9 Å². The molecule has 2 amide bonds. The molecule has 13 heavy (non-hydrogen) atoms. The lowest BCUT2D eigenvalue weighted by molar-refractivity contribution is -0.133. The number of carbonyl (C=O) groups is 2. The summed E-state index contributed by atoms with van der Waals surface area (Å²) in [5.74, 6) is -0.224. The van der Waals surface area contributed by atoms with Gasteiger partial charge in [-0.15, -0.1) is 0 Å². The van der Waals surface area contributed by atoms with Crippen molar-refractivity contribution in [3.05, 3.63) is 0 Å². The van der Waals surface area contributed by atoms with Gasteiger partial charge in [0, 0.05) is 13.6 Å². The highest BCUT2D eigenvalue weighted by Crippen LogP contribution is 2.01. The van der Waals surface area contributed by atoms with Gasteiger partial charge in [0.1, 0.15) is 0 Å². The van der Waals surface area contributed by atoms with E-state index < -0.39 is 0 Å². The van der Waals surface area contributed by atoms with E-state index in [4.69, 9.17) is 0 Å². The molecule has 0 spiro atoms. The molecule has 76 valence electrons. The van der Waals surface area contributed by atoms with Crippen LogP contribution in [0.1, 0.15) is 13.8 Å². The Bertz CT molecular complexity index is 195. The summed E-state index contributed by atoms with van der Waals surface area (Å²) in [6.07, 6.45) is 0. The van der Waals surface area contributed by atoms with Crippen LogP contribution in [-0.4, -0.2) is 41.7 Å². The molecule has 5 heteroatoms. The van der Waals surface area contributed by atoms with Crippen LogP contribution in [0.2, 0.25) is 0 Å². The van der Waals surface area contributed by atoms with Crippen LogP contribution in [0.4, 0.5) is 0 Å². The van der Waals surface area contributed by atoms with Gasteiger partial charge in [-0.1, -0.05) is 15.9 Å². The first kappa shape index (κ1) is 12.4. The van der Waals surface area contributed by atoms with Crippen molar-refractivity contribution in [2.75, 3.05) is 20.1 Å². The Balaban J connectivity index is 3.92. The number of carbonyl (C=O) groups excluding carboxylic acids is 2. The minimum absolute atomic E-state index is 0.0914. The Labute approximate surface area is 86.8 Å². The van der Waals surface area contributed by atoms with Crippen LogP contribution in [0.15, 0.2) is 0 Å². The molecule has 0 rings (SSSR count). The molecule has 0 heterocycles. The zero-order valence-electron chi connectivity index (χ0n) is 8.13. The van der Waals surface area contributed by atoms with Gasteiger partial charge >= 0.3 is 0 Å². The zero-order valence-corrected chi connectivity index (χ0v) is 9.72. The van der Waals surface area contributed by atoms with E-state index in [0.29, 0.717) is 6.54 Å². The van der Waals surface area contributed by atoms with Gasteiger partial charge in [-0.3, -0.25) is 9.59 Å². The van der Waals surface area contributed by atoms with Gasteiger partial charge in [0.2, 0.25) is 11.8 Å². The van der Waals surface area contributed by atoms with Crippen molar-refractivity contribution < 1.29 is 9.59 Å². The molecule has 0 aromatic heterocycles. The van der Waals surface area contributed by atoms with Crippen LogP contribution in [0.3, 0.4) is 0 Å². The van der Waals surface area contributed by atoms with E-state index >= 15 is 0 Å². The molecule has 0 radical (unpaired) electrons. The molecular weight excluding hydrogens is 236 g/mol. The van der Waals surface area contributed by atoms with Crippen LogP contribution in [0.5, 0.6) is 0 Å². The quantitative estimate of drug-likeness (QED) is 0.733. The molecule has 0 aliphatic carbocycles. The number of halogens is 1. The molecule has 1 atom stereocenters. The second kappa shape index (κ2) is 5.96. The lowest BCUT2D eigenvalue weighted by Gasteiger charge is -2.17. The Morgan fingerprint density at radius 1 is 1.54 bits per heavy atom. The lowest BCUT2D eigenvalue weighted by atomic mass is 10.4. The zero-order chi connectivity index (χ0) is 10.4. The van der Waals surface area contributed by atoms with E-state index in [9.17, 15) is 9.59 Å². The molecule has 0 aliphatic rings. The van der Waals surface area contributed by atoms with Crippen molar-refractivity contribution in [3.63, 3.8) is 0 Å². The fraction of sp³-hybridized carbons (Fsp3) is 0.750. The fourth-order valence-corrected chi connectivity index (χ4v) is 1.20. The van der Waals surface area contributed by atoms with Gasteiger partial charge in [-0.05, 0) is 13.8 Å². The maximum atomic E-state index is 11.3. The van der Waals surface area contributed by atoms with E-state index in [1.54, 1.807) is 14.0 Å². The van der Waals surface area contributed by atoms with Gasteiger partial charge in [0.25, 0.3) is 0 Å². The second-order valence-electron chi connectivity index (χ2n) is 2.76. The third-order valence-electron chi connectivity index (χ3n) is 1.47. The van der Waals surface area contributed by atoms with Gasteiger partial charge in [-0.25, -0.2) is 0 Å². The van der Waals surface area contributed by atoms with Crippen LogP contribution < -0.4 is 5.32 Å². The van der Waals surface area contributed by atoms with E-state index in [-0.39, 0.29) is 23.2 Å². The predicted octanol–water partition coefficient (Wildman–Crippen LogP) is 0.364. The second-order valence-corrected chi connectivity index (χ2v) is 4.14. The molecule has 0 saturated carbocycles. The third kappa shape index (κ3) is 4.87. The summed E-state index contributed by atoms with van der Waals surface area (Å²) in [6, 6.07) is 0. The van der Waals surface area contributed by atoms with Crippen molar-refractivity contribution in [1.82, 2.24) is 10.2 Å². The smallest absolute Gasteiger partial charge is 0.239 e. The predicted molar refractivity (Wildman–Crippen MR) is 54.7 cm³/mol. The molecule has 0 bridgehead atoms. The number of alkyl halides is 1. The van der Waals surface area contributed by atoms with Gasteiger partial charge < -0.3 is 10.2 Å². The Morgan fingerprint density at radius 3 is 2.46 bits per heavy atom.